The molecule has 0 bridgehead atoms. The minimum absolute atomic E-state index is 0.0935. The summed E-state index contributed by atoms with van der Waals surface area (Å²) in [5, 5.41) is 0.903. The molecule has 0 saturated carbocycles. The Balaban J connectivity index is 1.54. The summed E-state index contributed by atoms with van der Waals surface area (Å²) >= 11 is 6.05. The molecular weight excluding hydrogens is 493 g/mol. The minimum Gasteiger partial charge on any atom is -0.298 e. The van der Waals surface area contributed by atoms with Gasteiger partial charge < -0.3 is 0 Å². The zero-order valence-corrected chi connectivity index (χ0v) is 20.0. The van der Waals surface area contributed by atoms with Crippen LogP contribution in [0.4, 0.5) is 13.2 Å². The van der Waals surface area contributed by atoms with Gasteiger partial charge in [0.15, 0.2) is 0 Å². The average molecular weight is 515 g/mol. The quantitative estimate of drug-likeness (QED) is 0.531. The number of sulfonamides is 1. The van der Waals surface area contributed by atoms with E-state index in [0.29, 0.717) is 40.9 Å². The highest BCUT2D eigenvalue weighted by molar-refractivity contribution is 7.89. The molecule has 3 aromatic rings. The van der Waals surface area contributed by atoms with Crippen molar-refractivity contribution in [1.29, 1.82) is 0 Å². The fraction of sp³-hybridized carbons (Fsp3) is 0.364. The van der Waals surface area contributed by atoms with E-state index >= 15 is 0 Å². The normalized spacial score (nSPS) is 17.2. The molecule has 7 nitrogen and oxygen atoms in total. The maximum atomic E-state index is 13.0. The molecule has 1 unspecified atom stereocenters. The van der Waals surface area contributed by atoms with Crippen molar-refractivity contribution in [3.05, 3.63) is 69.2 Å². The van der Waals surface area contributed by atoms with E-state index in [1.807, 2.05) is 11.8 Å². The lowest BCUT2D eigenvalue weighted by atomic mass is 10.2. The maximum Gasteiger partial charge on any atom is 0.416 e. The van der Waals surface area contributed by atoms with Gasteiger partial charge in [-0.3, -0.25) is 14.3 Å². The highest BCUT2D eigenvalue weighted by atomic mass is 35.5. The summed E-state index contributed by atoms with van der Waals surface area (Å²) < 4.78 is 67.6. The first-order valence-electron chi connectivity index (χ1n) is 10.5. The summed E-state index contributed by atoms with van der Waals surface area (Å²) in [6, 6.07) is 8.31. The first-order valence-corrected chi connectivity index (χ1v) is 12.3. The zero-order valence-electron chi connectivity index (χ0n) is 18.4. The molecule has 1 atom stereocenters. The first-order chi connectivity index (χ1) is 15.9. The van der Waals surface area contributed by atoms with Gasteiger partial charge in [-0.05, 0) is 43.3 Å². The molecule has 1 aliphatic rings. The molecule has 0 spiro atoms. The second-order valence-corrected chi connectivity index (χ2v) is 10.5. The lowest BCUT2D eigenvalue weighted by Crippen LogP contribution is -2.49. The Morgan fingerprint density at radius 2 is 1.74 bits per heavy atom. The maximum absolute atomic E-state index is 13.0. The van der Waals surface area contributed by atoms with Crippen molar-refractivity contribution in [3.63, 3.8) is 0 Å². The van der Waals surface area contributed by atoms with Crippen LogP contribution in [0, 0.1) is 0 Å². The van der Waals surface area contributed by atoms with Crippen LogP contribution in [0.25, 0.3) is 10.9 Å². The fourth-order valence-electron chi connectivity index (χ4n) is 4.11. The minimum atomic E-state index is -4.63. The van der Waals surface area contributed by atoms with Crippen molar-refractivity contribution in [2.75, 3.05) is 26.2 Å². The van der Waals surface area contributed by atoms with Crippen LogP contribution in [0.15, 0.2) is 52.2 Å². The summed E-state index contributed by atoms with van der Waals surface area (Å²) in [7, 11) is -2.46. The predicted octanol–water partition coefficient (Wildman–Crippen LogP) is 3.67. The largest absolute Gasteiger partial charge is 0.416 e. The van der Waals surface area contributed by atoms with Crippen LogP contribution in [0.1, 0.15) is 24.4 Å². The van der Waals surface area contributed by atoms with Crippen LogP contribution in [0.5, 0.6) is 0 Å². The molecule has 0 amide bonds. The number of alkyl halides is 3. The predicted molar refractivity (Wildman–Crippen MR) is 122 cm³/mol. The third-order valence-electron chi connectivity index (χ3n) is 6.07. The third-order valence-corrected chi connectivity index (χ3v) is 8.20. The molecule has 0 aliphatic carbocycles. The second kappa shape index (κ2) is 8.95. The van der Waals surface area contributed by atoms with Crippen molar-refractivity contribution in [1.82, 2.24) is 18.8 Å². The second-order valence-electron chi connectivity index (χ2n) is 8.14. The lowest BCUT2D eigenvalue weighted by molar-refractivity contribution is -0.137. The highest BCUT2D eigenvalue weighted by Gasteiger charge is 2.35. The van der Waals surface area contributed by atoms with E-state index in [4.69, 9.17) is 11.6 Å². The van der Waals surface area contributed by atoms with Gasteiger partial charge >= 0.3 is 6.18 Å². The molecule has 182 valence electrons. The smallest absolute Gasteiger partial charge is 0.298 e. The highest BCUT2D eigenvalue weighted by Crippen LogP contribution is 2.31. The number of rotatable bonds is 4. The molecule has 4 rings (SSSR count). The molecule has 2 aromatic carbocycles. The number of hydrogen-bond acceptors (Lipinski definition) is 5. The fourth-order valence-corrected chi connectivity index (χ4v) is 5.75. The van der Waals surface area contributed by atoms with E-state index < -0.39 is 21.8 Å². The molecule has 2 heterocycles. The van der Waals surface area contributed by atoms with Gasteiger partial charge in [-0.1, -0.05) is 17.7 Å². The molecule has 34 heavy (non-hydrogen) atoms. The van der Waals surface area contributed by atoms with Crippen LogP contribution >= 0.6 is 11.6 Å². The van der Waals surface area contributed by atoms with Crippen molar-refractivity contribution in [2.24, 2.45) is 7.05 Å². The van der Waals surface area contributed by atoms with Gasteiger partial charge in [0, 0.05) is 38.2 Å². The van der Waals surface area contributed by atoms with E-state index in [0.717, 1.165) is 12.1 Å². The van der Waals surface area contributed by atoms with Gasteiger partial charge in [0.2, 0.25) is 10.0 Å². The molecule has 1 fully saturated rings. The summed E-state index contributed by atoms with van der Waals surface area (Å²) in [6.45, 7) is 2.70. The van der Waals surface area contributed by atoms with Gasteiger partial charge in [0.1, 0.15) is 5.82 Å². The summed E-state index contributed by atoms with van der Waals surface area (Å²) in [4.78, 5) is 19.0. The van der Waals surface area contributed by atoms with Crippen molar-refractivity contribution < 1.29 is 21.6 Å². The number of benzene rings is 2. The molecule has 1 aliphatic heterocycles. The Morgan fingerprint density at radius 1 is 1.06 bits per heavy atom. The standard InChI is InChI=1S/C22H22ClF3N4O3S/c1-14(20-27-19-13-16(23)6-7-18(19)21(31)28(20)2)29-8-10-30(11-9-29)34(32,33)17-5-3-4-15(12-17)22(24,25)26/h3-7,12-14H,8-11H2,1-2H3. The number of fused-ring (bicyclic) bond motifs is 1. The van der Waals surface area contributed by atoms with Crippen LogP contribution in [0.2, 0.25) is 5.02 Å². The van der Waals surface area contributed by atoms with Crippen LogP contribution in [-0.2, 0) is 23.2 Å². The molecule has 1 saturated heterocycles. The van der Waals surface area contributed by atoms with Crippen LogP contribution < -0.4 is 5.56 Å². The van der Waals surface area contributed by atoms with E-state index in [9.17, 15) is 26.4 Å². The van der Waals surface area contributed by atoms with Crippen molar-refractivity contribution in [2.45, 2.75) is 24.0 Å². The van der Waals surface area contributed by atoms with Crippen molar-refractivity contribution in [3.8, 4) is 0 Å². The Labute approximate surface area is 199 Å². The summed E-state index contributed by atoms with van der Waals surface area (Å²) in [6.07, 6.45) is -4.63. The van der Waals surface area contributed by atoms with Gasteiger partial charge in [-0.2, -0.15) is 17.5 Å². The van der Waals surface area contributed by atoms with Gasteiger partial charge in [0.25, 0.3) is 5.56 Å². The van der Waals surface area contributed by atoms with Crippen LogP contribution in [0.3, 0.4) is 0 Å². The van der Waals surface area contributed by atoms with E-state index in [-0.39, 0.29) is 29.6 Å². The lowest BCUT2D eigenvalue weighted by Gasteiger charge is -2.37. The SMILES string of the molecule is CC(c1nc2cc(Cl)ccc2c(=O)n1C)N1CCN(S(=O)(=O)c2cccc(C(F)(F)F)c2)CC1. The number of nitrogens with zero attached hydrogens (tertiary/aromatic N) is 4. The summed E-state index contributed by atoms with van der Waals surface area (Å²) in [5.41, 5.74) is -0.748. The monoisotopic (exact) mass is 514 g/mol. The third kappa shape index (κ3) is 4.57. The Kier molecular flexibility index (Phi) is 6.49. The number of halogens is 4. The number of piperazine rings is 1. The molecule has 12 heteroatoms. The molecule has 1 aromatic heterocycles. The van der Waals surface area contributed by atoms with Gasteiger partial charge in [-0.25, -0.2) is 13.4 Å². The van der Waals surface area contributed by atoms with E-state index in [2.05, 4.69) is 4.98 Å². The molecular formula is C22H22ClF3N4O3S. The Bertz CT molecular complexity index is 1400. The Hall–Kier alpha value is -2.47. The van der Waals surface area contributed by atoms with E-state index in [1.54, 1.807) is 25.2 Å². The number of aromatic nitrogens is 2. The summed E-state index contributed by atoms with van der Waals surface area (Å²) in [5.74, 6) is 0.508. The number of hydrogen-bond donors (Lipinski definition) is 0. The zero-order chi connectivity index (χ0) is 24.8. The Morgan fingerprint density at radius 3 is 2.38 bits per heavy atom. The van der Waals surface area contributed by atoms with E-state index in [1.165, 1.54) is 14.9 Å². The average Bonchev–Trinajstić information content (AvgIpc) is 2.80. The molecule has 0 radical (unpaired) electrons. The van der Waals surface area contributed by atoms with Gasteiger partial charge in [0.05, 0.1) is 27.4 Å². The van der Waals surface area contributed by atoms with Crippen molar-refractivity contribution >= 4 is 32.5 Å². The first kappa shape index (κ1) is 24.6. The topological polar surface area (TPSA) is 75.5 Å². The molecule has 0 N–H and O–H groups in total. The van der Waals surface area contributed by atoms with Gasteiger partial charge in [-0.15, -0.1) is 0 Å². The van der Waals surface area contributed by atoms with Crippen LogP contribution in [-0.4, -0.2) is 53.4 Å².